The minimum atomic E-state index is -0.542. The standard InChI is InChI=1S/C24H17BrN2O/c25-20-12-11-19-13-22(28-23(19)14-20)15-21(16-26)27-24(17-7-3-1-4-8-17)18-9-5-2-6-10-18/h1-14,21H,15H2. The predicted octanol–water partition coefficient (Wildman–Crippen LogP) is 6.17. The Morgan fingerprint density at radius 3 is 2.18 bits per heavy atom. The number of aliphatic imine (C=N–C) groups is 1. The minimum absolute atomic E-state index is 0.423. The Hall–Kier alpha value is -3.16. The highest BCUT2D eigenvalue weighted by molar-refractivity contribution is 9.10. The Labute approximate surface area is 172 Å². The number of fused-ring (bicyclic) bond motifs is 1. The molecule has 3 aromatic carbocycles. The lowest BCUT2D eigenvalue weighted by Gasteiger charge is -2.10. The topological polar surface area (TPSA) is 49.3 Å². The van der Waals surface area contributed by atoms with Crippen LogP contribution >= 0.6 is 15.9 Å². The van der Waals surface area contributed by atoms with Gasteiger partial charge in [-0.1, -0.05) is 76.6 Å². The van der Waals surface area contributed by atoms with Gasteiger partial charge in [-0.3, -0.25) is 4.99 Å². The van der Waals surface area contributed by atoms with E-state index in [2.05, 4.69) is 22.0 Å². The van der Waals surface area contributed by atoms with Crippen molar-refractivity contribution in [2.24, 2.45) is 4.99 Å². The van der Waals surface area contributed by atoms with Gasteiger partial charge >= 0.3 is 0 Å². The maximum Gasteiger partial charge on any atom is 0.144 e. The van der Waals surface area contributed by atoms with Crippen LogP contribution in [0.15, 0.2) is 98.8 Å². The molecule has 3 nitrogen and oxygen atoms in total. The van der Waals surface area contributed by atoms with Crippen LogP contribution in [0.4, 0.5) is 0 Å². The van der Waals surface area contributed by atoms with Crippen molar-refractivity contribution in [3.05, 3.63) is 106 Å². The van der Waals surface area contributed by atoms with Crippen molar-refractivity contribution in [1.29, 1.82) is 5.26 Å². The van der Waals surface area contributed by atoms with Gasteiger partial charge in [0.25, 0.3) is 0 Å². The van der Waals surface area contributed by atoms with Crippen LogP contribution in [0.1, 0.15) is 16.9 Å². The Bertz CT molecular complexity index is 1120. The van der Waals surface area contributed by atoms with E-state index in [9.17, 15) is 5.26 Å². The van der Waals surface area contributed by atoms with Gasteiger partial charge in [0.05, 0.1) is 11.8 Å². The molecule has 1 heterocycles. The van der Waals surface area contributed by atoms with Crippen LogP contribution < -0.4 is 0 Å². The first-order valence-corrected chi connectivity index (χ1v) is 9.78. The third kappa shape index (κ3) is 4.05. The third-order valence-electron chi connectivity index (χ3n) is 4.46. The second kappa shape index (κ2) is 8.24. The summed E-state index contributed by atoms with van der Waals surface area (Å²) in [6.45, 7) is 0. The van der Waals surface area contributed by atoms with E-state index in [-0.39, 0.29) is 0 Å². The van der Waals surface area contributed by atoms with Crippen molar-refractivity contribution in [1.82, 2.24) is 0 Å². The molecular weight excluding hydrogens is 412 g/mol. The summed E-state index contributed by atoms with van der Waals surface area (Å²) in [5.41, 5.74) is 3.59. The molecular formula is C24H17BrN2O. The fourth-order valence-corrected chi connectivity index (χ4v) is 3.47. The van der Waals surface area contributed by atoms with Gasteiger partial charge in [-0.05, 0) is 24.3 Å². The van der Waals surface area contributed by atoms with E-state index in [1.54, 1.807) is 0 Å². The molecule has 4 heteroatoms. The van der Waals surface area contributed by atoms with Crippen LogP contribution in [0, 0.1) is 11.3 Å². The zero-order valence-electron chi connectivity index (χ0n) is 15.0. The summed E-state index contributed by atoms with van der Waals surface area (Å²) in [4.78, 5) is 4.80. The third-order valence-corrected chi connectivity index (χ3v) is 4.95. The van der Waals surface area contributed by atoms with Crippen LogP contribution in [-0.4, -0.2) is 11.8 Å². The van der Waals surface area contributed by atoms with E-state index in [1.807, 2.05) is 84.9 Å². The number of benzene rings is 3. The highest BCUT2D eigenvalue weighted by Gasteiger charge is 2.15. The van der Waals surface area contributed by atoms with Crippen molar-refractivity contribution in [3.8, 4) is 6.07 Å². The summed E-state index contributed by atoms with van der Waals surface area (Å²) in [5.74, 6) is 0.754. The van der Waals surface area contributed by atoms with E-state index in [4.69, 9.17) is 9.41 Å². The lowest BCUT2D eigenvalue weighted by molar-refractivity contribution is 0.537. The highest BCUT2D eigenvalue weighted by Crippen LogP contribution is 2.24. The van der Waals surface area contributed by atoms with Gasteiger partial charge in [-0.15, -0.1) is 0 Å². The van der Waals surface area contributed by atoms with Crippen molar-refractivity contribution in [2.45, 2.75) is 12.5 Å². The largest absolute Gasteiger partial charge is 0.461 e. The zero-order valence-corrected chi connectivity index (χ0v) is 16.6. The first-order valence-electron chi connectivity index (χ1n) is 8.99. The Balaban J connectivity index is 1.70. The van der Waals surface area contributed by atoms with E-state index in [0.29, 0.717) is 6.42 Å². The summed E-state index contributed by atoms with van der Waals surface area (Å²) in [6, 6.07) is 29.6. The maximum absolute atomic E-state index is 9.74. The molecule has 1 atom stereocenters. The highest BCUT2D eigenvalue weighted by atomic mass is 79.9. The monoisotopic (exact) mass is 428 g/mol. The average Bonchev–Trinajstić information content (AvgIpc) is 3.13. The molecule has 1 aromatic heterocycles. The number of halogens is 1. The second-order valence-electron chi connectivity index (χ2n) is 6.45. The van der Waals surface area contributed by atoms with Crippen LogP contribution in [0.3, 0.4) is 0 Å². The van der Waals surface area contributed by atoms with Crippen molar-refractivity contribution < 1.29 is 4.42 Å². The van der Waals surface area contributed by atoms with Gasteiger partial charge in [0.15, 0.2) is 0 Å². The molecule has 0 saturated heterocycles. The number of rotatable bonds is 5. The molecule has 4 rings (SSSR count). The first kappa shape index (κ1) is 18.2. The minimum Gasteiger partial charge on any atom is -0.461 e. The number of nitrogens with zero attached hydrogens (tertiary/aromatic N) is 2. The molecule has 1 unspecified atom stereocenters. The van der Waals surface area contributed by atoms with E-state index < -0.39 is 6.04 Å². The van der Waals surface area contributed by atoms with Gasteiger partial charge in [0.2, 0.25) is 0 Å². The molecule has 0 amide bonds. The molecule has 0 bridgehead atoms. The summed E-state index contributed by atoms with van der Waals surface area (Å²) in [7, 11) is 0. The molecule has 0 aliphatic heterocycles. The van der Waals surface area contributed by atoms with Crippen molar-refractivity contribution in [3.63, 3.8) is 0 Å². The van der Waals surface area contributed by atoms with Gasteiger partial charge in [-0.25, -0.2) is 0 Å². The van der Waals surface area contributed by atoms with Gasteiger partial charge in [0, 0.05) is 27.4 Å². The average molecular weight is 429 g/mol. The van der Waals surface area contributed by atoms with Gasteiger partial charge in [-0.2, -0.15) is 5.26 Å². The molecule has 4 aromatic rings. The van der Waals surface area contributed by atoms with Crippen molar-refractivity contribution in [2.75, 3.05) is 0 Å². The predicted molar refractivity (Wildman–Crippen MR) is 116 cm³/mol. The quantitative estimate of drug-likeness (QED) is 0.357. The molecule has 0 aliphatic rings. The lowest BCUT2D eigenvalue weighted by Crippen LogP contribution is -2.12. The van der Waals surface area contributed by atoms with E-state index in [0.717, 1.165) is 38.0 Å². The summed E-state index contributed by atoms with van der Waals surface area (Å²) >= 11 is 3.46. The molecule has 0 saturated carbocycles. The second-order valence-corrected chi connectivity index (χ2v) is 7.37. The fraction of sp³-hybridized carbons (Fsp3) is 0.0833. The number of furan rings is 1. The number of hydrogen-bond acceptors (Lipinski definition) is 3. The van der Waals surface area contributed by atoms with Gasteiger partial charge < -0.3 is 4.42 Å². The summed E-state index contributed by atoms with van der Waals surface area (Å²) in [5, 5.41) is 10.8. The fourth-order valence-electron chi connectivity index (χ4n) is 3.13. The number of nitriles is 1. The van der Waals surface area contributed by atoms with E-state index >= 15 is 0 Å². The lowest BCUT2D eigenvalue weighted by atomic mass is 10.0. The Morgan fingerprint density at radius 1 is 0.929 bits per heavy atom. The van der Waals surface area contributed by atoms with E-state index in [1.165, 1.54) is 0 Å². The van der Waals surface area contributed by atoms with Gasteiger partial charge in [0.1, 0.15) is 17.4 Å². The number of hydrogen-bond donors (Lipinski definition) is 0. The normalized spacial score (nSPS) is 11.7. The molecule has 0 radical (unpaired) electrons. The van der Waals surface area contributed by atoms with Crippen LogP contribution in [0.5, 0.6) is 0 Å². The Morgan fingerprint density at radius 2 is 1.57 bits per heavy atom. The molecule has 0 aliphatic carbocycles. The molecule has 136 valence electrons. The first-order chi connectivity index (χ1) is 13.7. The van der Waals surface area contributed by atoms with Crippen LogP contribution in [0.25, 0.3) is 11.0 Å². The van der Waals surface area contributed by atoms with Crippen LogP contribution in [0.2, 0.25) is 0 Å². The smallest absolute Gasteiger partial charge is 0.144 e. The molecule has 0 fully saturated rings. The van der Waals surface area contributed by atoms with Crippen LogP contribution in [-0.2, 0) is 6.42 Å². The zero-order chi connectivity index (χ0) is 19.3. The summed E-state index contributed by atoms with van der Waals surface area (Å²) < 4.78 is 6.89. The maximum atomic E-state index is 9.74. The Kier molecular flexibility index (Phi) is 5.36. The molecule has 28 heavy (non-hydrogen) atoms. The SMILES string of the molecule is N#CC(Cc1cc2ccc(Br)cc2o1)N=C(c1ccccc1)c1ccccc1. The van der Waals surface area contributed by atoms with Crippen molar-refractivity contribution >= 4 is 32.6 Å². The molecule has 0 N–H and O–H groups in total. The summed E-state index contributed by atoms with van der Waals surface area (Å²) in [6.07, 6.45) is 0.423. The molecule has 0 spiro atoms.